The monoisotopic (exact) mass is 424 g/mol. The molecule has 0 aliphatic heterocycles. The van der Waals surface area contributed by atoms with E-state index in [1.54, 1.807) is 13.8 Å². The van der Waals surface area contributed by atoms with Crippen molar-refractivity contribution in [2.24, 2.45) is 5.92 Å². The van der Waals surface area contributed by atoms with Crippen LogP contribution in [0.4, 0.5) is 4.79 Å². The number of benzene rings is 2. The molecular formula is C24H28N2O5. The van der Waals surface area contributed by atoms with Crippen LogP contribution in [0, 0.1) is 5.92 Å². The van der Waals surface area contributed by atoms with Crippen molar-refractivity contribution in [3.63, 3.8) is 0 Å². The number of ether oxygens (including phenoxy) is 1. The molecule has 2 amide bonds. The molecule has 0 bridgehead atoms. The van der Waals surface area contributed by atoms with Gasteiger partial charge in [0.15, 0.2) is 0 Å². The standard InChI is InChI=1S/C24H28N2O5/c1-15(2)22(23(28)29)26-21(27)12-7-13-25-24(30)31-14-20-18-10-5-3-8-16(18)17-9-4-6-11-19(17)20/h3-6,8-11,15,20,22H,7,12-14H2,1-2H3,(H,25,30)(H,26,27)(H,28,29)/t22-/m1/s1. The Morgan fingerprint density at radius 2 is 1.58 bits per heavy atom. The summed E-state index contributed by atoms with van der Waals surface area (Å²) in [6.07, 6.45) is -0.0199. The van der Waals surface area contributed by atoms with Gasteiger partial charge in [-0.05, 0) is 34.6 Å². The van der Waals surface area contributed by atoms with Gasteiger partial charge in [0.25, 0.3) is 0 Å². The second kappa shape index (κ2) is 10.1. The third-order valence-corrected chi connectivity index (χ3v) is 5.44. The predicted octanol–water partition coefficient (Wildman–Crippen LogP) is 3.53. The highest BCUT2D eigenvalue weighted by molar-refractivity contribution is 5.83. The number of hydrogen-bond donors (Lipinski definition) is 3. The van der Waals surface area contributed by atoms with Crippen LogP contribution in [0.1, 0.15) is 43.7 Å². The highest BCUT2D eigenvalue weighted by Crippen LogP contribution is 2.44. The normalized spacial score (nSPS) is 13.3. The summed E-state index contributed by atoms with van der Waals surface area (Å²) in [5.74, 6) is -1.62. The van der Waals surface area contributed by atoms with Crippen molar-refractivity contribution in [3.8, 4) is 11.1 Å². The van der Waals surface area contributed by atoms with E-state index in [0.29, 0.717) is 6.42 Å². The average molecular weight is 424 g/mol. The zero-order valence-corrected chi connectivity index (χ0v) is 17.8. The molecule has 0 saturated heterocycles. The van der Waals surface area contributed by atoms with Gasteiger partial charge in [-0.15, -0.1) is 0 Å². The van der Waals surface area contributed by atoms with Crippen LogP contribution in [0.3, 0.4) is 0 Å². The van der Waals surface area contributed by atoms with E-state index in [0.717, 1.165) is 11.1 Å². The maximum atomic E-state index is 12.1. The largest absolute Gasteiger partial charge is 0.480 e. The predicted molar refractivity (Wildman–Crippen MR) is 117 cm³/mol. The van der Waals surface area contributed by atoms with Crippen LogP contribution < -0.4 is 10.6 Å². The van der Waals surface area contributed by atoms with Gasteiger partial charge in [0, 0.05) is 18.9 Å². The fourth-order valence-corrected chi connectivity index (χ4v) is 3.85. The Kier molecular flexibility index (Phi) is 7.28. The Bertz CT molecular complexity index is 911. The minimum Gasteiger partial charge on any atom is -0.480 e. The summed E-state index contributed by atoms with van der Waals surface area (Å²) in [5.41, 5.74) is 4.62. The molecule has 31 heavy (non-hydrogen) atoms. The number of hydrogen-bond acceptors (Lipinski definition) is 4. The van der Waals surface area contributed by atoms with Gasteiger partial charge in [0.05, 0.1) is 0 Å². The Morgan fingerprint density at radius 1 is 1.00 bits per heavy atom. The number of fused-ring (bicyclic) bond motifs is 3. The number of amides is 2. The van der Waals surface area contributed by atoms with Gasteiger partial charge in [-0.1, -0.05) is 62.4 Å². The molecule has 2 aromatic rings. The fourth-order valence-electron chi connectivity index (χ4n) is 3.85. The second-order valence-corrected chi connectivity index (χ2v) is 7.98. The smallest absolute Gasteiger partial charge is 0.407 e. The summed E-state index contributed by atoms with van der Waals surface area (Å²) >= 11 is 0. The lowest BCUT2D eigenvalue weighted by Crippen LogP contribution is -2.44. The molecule has 0 aromatic heterocycles. The van der Waals surface area contributed by atoms with Gasteiger partial charge in [-0.3, -0.25) is 4.79 Å². The van der Waals surface area contributed by atoms with Crippen LogP contribution in [0.2, 0.25) is 0 Å². The average Bonchev–Trinajstić information content (AvgIpc) is 3.07. The topological polar surface area (TPSA) is 105 Å². The fraction of sp³-hybridized carbons (Fsp3) is 0.375. The van der Waals surface area contributed by atoms with E-state index in [9.17, 15) is 14.4 Å². The molecule has 0 spiro atoms. The SMILES string of the molecule is CC(C)[C@@H](NC(=O)CCCNC(=O)OCC1c2ccccc2-c2ccccc21)C(=O)O. The summed E-state index contributed by atoms with van der Waals surface area (Å²) < 4.78 is 5.45. The number of carboxylic acid groups (broad SMARTS) is 1. The van der Waals surface area contributed by atoms with E-state index in [1.807, 2.05) is 24.3 Å². The van der Waals surface area contributed by atoms with Crippen LogP contribution in [0.15, 0.2) is 48.5 Å². The first kappa shape index (κ1) is 22.3. The number of alkyl carbamates (subject to hydrolysis) is 1. The lowest BCUT2D eigenvalue weighted by molar-refractivity contribution is -0.143. The van der Waals surface area contributed by atoms with Crippen molar-refractivity contribution >= 4 is 18.0 Å². The Balaban J connectivity index is 1.43. The Hall–Kier alpha value is -3.35. The number of carbonyl (C=O) groups excluding carboxylic acids is 2. The van der Waals surface area contributed by atoms with Crippen LogP contribution in [-0.4, -0.2) is 42.3 Å². The molecule has 7 nitrogen and oxygen atoms in total. The molecule has 0 radical (unpaired) electrons. The summed E-state index contributed by atoms with van der Waals surface area (Å²) in [6, 6.07) is 15.3. The second-order valence-electron chi connectivity index (χ2n) is 7.98. The first-order valence-electron chi connectivity index (χ1n) is 10.5. The van der Waals surface area contributed by atoms with Crippen molar-refractivity contribution in [2.75, 3.05) is 13.2 Å². The molecule has 1 aliphatic rings. The molecule has 0 saturated carbocycles. The van der Waals surface area contributed by atoms with Gasteiger partial charge in [-0.2, -0.15) is 0 Å². The first-order chi connectivity index (χ1) is 14.9. The maximum absolute atomic E-state index is 12.1. The van der Waals surface area contributed by atoms with Gasteiger partial charge in [-0.25, -0.2) is 9.59 Å². The van der Waals surface area contributed by atoms with Crippen LogP contribution >= 0.6 is 0 Å². The van der Waals surface area contributed by atoms with Gasteiger partial charge in [0.1, 0.15) is 12.6 Å². The van der Waals surface area contributed by atoms with E-state index in [-0.39, 0.29) is 37.3 Å². The zero-order valence-electron chi connectivity index (χ0n) is 17.8. The quantitative estimate of drug-likeness (QED) is 0.534. The number of aliphatic carboxylic acids is 1. The molecule has 1 atom stereocenters. The first-order valence-corrected chi connectivity index (χ1v) is 10.5. The number of rotatable bonds is 9. The van der Waals surface area contributed by atoms with Crippen molar-refractivity contribution in [1.82, 2.24) is 10.6 Å². The van der Waals surface area contributed by atoms with Crippen molar-refractivity contribution in [1.29, 1.82) is 0 Å². The number of nitrogens with one attached hydrogen (secondary N) is 2. The third kappa shape index (κ3) is 5.42. The van der Waals surface area contributed by atoms with Crippen LogP contribution in [0.5, 0.6) is 0 Å². The van der Waals surface area contributed by atoms with Crippen LogP contribution in [-0.2, 0) is 14.3 Å². The highest BCUT2D eigenvalue weighted by atomic mass is 16.5. The van der Waals surface area contributed by atoms with Crippen molar-refractivity contribution < 1.29 is 24.2 Å². The lowest BCUT2D eigenvalue weighted by atomic mass is 9.98. The minimum absolute atomic E-state index is 0.00656. The lowest BCUT2D eigenvalue weighted by Gasteiger charge is -2.18. The molecule has 1 aliphatic carbocycles. The van der Waals surface area contributed by atoms with Gasteiger partial charge >= 0.3 is 12.1 Å². The van der Waals surface area contributed by atoms with E-state index >= 15 is 0 Å². The van der Waals surface area contributed by atoms with E-state index < -0.39 is 18.1 Å². The van der Waals surface area contributed by atoms with Crippen molar-refractivity contribution in [2.45, 2.75) is 38.6 Å². The Morgan fingerprint density at radius 3 is 2.13 bits per heavy atom. The minimum atomic E-state index is -1.06. The molecule has 3 N–H and O–H groups in total. The summed E-state index contributed by atoms with van der Waals surface area (Å²) in [5, 5.41) is 14.3. The van der Waals surface area contributed by atoms with E-state index in [1.165, 1.54) is 11.1 Å². The zero-order chi connectivity index (χ0) is 22.4. The molecule has 3 rings (SSSR count). The summed E-state index contributed by atoms with van der Waals surface area (Å²) in [4.78, 5) is 35.2. The number of carbonyl (C=O) groups is 3. The molecule has 7 heteroatoms. The Labute approximate surface area is 181 Å². The van der Waals surface area contributed by atoms with E-state index in [2.05, 4.69) is 34.9 Å². The van der Waals surface area contributed by atoms with Crippen molar-refractivity contribution in [3.05, 3.63) is 59.7 Å². The third-order valence-electron chi connectivity index (χ3n) is 5.44. The molecule has 0 fully saturated rings. The summed E-state index contributed by atoms with van der Waals surface area (Å²) in [7, 11) is 0. The van der Waals surface area contributed by atoms with Gasteiger partial charge in [0.2, 0.25) is 5.91 Å². The van der Waals surface area contributed by atoms with Crippen LogP contribution in [0.25, 0.3) is 11.1 Å². The van der Waals surface area contributed by atoms with E-state index in [4.69, 9.17) is 9.84 Å². The van der Waals surface area contributed by atoms with Gasteiger partial charge < -0.3 is 20.5 Å². The molecular weight excluding hydrogens is 396 g/mol. The molecule has 0 unspecified atom stereocenters. The highest BCUT2D eigenvalue weighted by Gasteiger charge is 2.29. The summed E-state index contributed by atoms with van der Waals surface area (Å²) in [6.45, 7) is 3.97. The molecule has 0 heterocycles. The maximum Gasteiger partial charge on any atom is 0.407 e. The molecule has 164 valence electrons. The number of carboxylic acids is 1. The molecule has 2 aromatic carbocycles.